The first kappa shape index (κ1) is 9.50. The van der Waals surface area contributed by atoms with Crippen molar-refractivity contribution in [3.05, 3.63) is 30.3 Å². The number of benzene rings is 1. The van der Waals surface area contributed by atoms with Crippen LogP contribution < -0.4 is 4.46 Å². The van der Waals surface area contributed by atoms with Gasteiger partial charge >= 0.3 is 79.0 Å². The second-order valence-corrected chi connectivity index (χ2v) is 4.91. The number of carbonyl (C=O) groups is 1. The molecule has 1 nitrogen and oxygen atoms in total. The maximum absolute atomic E-state index is 11.2. The molecule has 0 atom stereocenters. The summed E-state index contributed by atoms with van der Waals surface area (Å²) in [5, 5.41) is 0. The van der Waals surface area contributed by atoms with Crippen LogP contribution in [0.4, 0.5) is 0 Å². The second-order valence-electron chi connectivity index (χ2n) is 2.54. The SMILES string of the molecule is CCCC(=O)[Se]c1ccccc1. The molecule has 0 radical (unpaired) electrons. The number of rotatable bonds is 4. The van der Waals surface area contributed by atoms with Crippen molar-refractivity contribution in [2.45, 2.75) is 19.8 Å². The second kappa shape index (κ2) is 5.13. The number of carbonyl (C=O) groups excluding carboxylic acids is 1. The predicted molar refractivity (Wildman–Crippen MR) is 51.7 cm³/mol. The predicted octanol–water partition coefficient (Wildman–Crippen LogP) is 1.34. The van der Waals surface area contributed by atoms with Gasteiger partial charge in [-0.1, -0.05) is 0 Å². The molecule has 0 amide bonds. The van der Waals surface area contributed by atoms with Crippen LogP contribution in [-0.2, 0) is 4.79 Å². The van der Waals surface area contributed by atoms with Gasteiger partial charge in [-0.3, -0.25) is 0 Å². The Hall–Kier alpha value is -0.591. The monoisotopic (exact) mass is 228 g/mol. The van der Waals surface area contributed by atoms with Gasteiger partial charge in [0.15, 0.2) is 0 Å². The van der Waals surface area contributed by atoms with Crippen LogP contribution in [0.1, 0.15) is 19.8 Å². The van der Waals surface area contributed by atoms with Crippen LogP contribution in [-0.4, -0.2) is 19.6 Å². The summed E-state index contributed by atoms with van der Waals surface area (Å²) >= 11 is 0.0390. The Morgan fingerprint density at radius 3 is 2.58 bits per heavy atom. The molecule has 1 aromatic carbocycles. The first-order valence-corrected chi connectivity index (χ1v) is 5.80. The summed E-state index contributed by atoms with van der Waals surface area (Å²) in [4.78, 5) is 11.2. The van der Waals surface area contributed by atoms with E-state index in [1.165, 1.54) is 4.46 Å². The van der Waals surface area contributed by atoms with Gasteiger partial charge in [0.1, 0.15) is 0 Å². The van der Waals surface area contributed by atoms with E-state index in [0.717, 1.165) is 12.8 Å². The van der Waals surface area contributed by atoms with Gasteiger partial charge in [-0.15, -0.1) is 0 Å². The van der Waals surface area contributed by atoms with Gasteiger partial charge in [0.25, 0.3) is 0 Å². The normalized spacial score (nSPS) is 9.75. The summed E-state index contributed by atoms with van der Waals surface area (Å²) in [7, 11) is 0. The molecular formula is C10H12OSe. The Morgan fingerprint density at radius 2 is 2.00 bits per heavy atom. The fraction of sp³-hybridized carbons (Fsp3) is 0.300. The van der Waals surface area contributed by atoms with E-state index in [4.69, 9.17) is 0 Å². The summed E-state index contributed by atoms with van der Waals surface area (Å²) in [6, 6.07) is 9.98. The zero-order valence-electron chi connectivity index (χ0n) is 7.12. The standard InChI is InChI=1S/C10H12OSe/c1-2-6-10(11)12-9-7-4-3-5-8-9/h3-5,7-8H,2,6H2,1H3. The molecule has 64 valence electrons. The summed E-state index contributed by atoms with van der Waals surface area (Å²) in [6.45, 7) is 2.04. The Labute approximate surface area is 79.3 Å². The van der Waals surface area contributed by atoms with E-state index >= 15 is 0 Å². The Balaban J connectivity index is 2.47. The molecule has 0 aliphatic carbocycles. The molecule has 0 bridgehead atoms. The van der Waals surface area contributed by atoms with E-state index in [0.29, 0.717) is 4.68 Å². The Morgan fingerprint density at radius 1 is 1.33 bits per heavy atom. The molecule has 12 heavy (non-hydrogen) atoms. The van der Waals surface area contributed by atoms with E-state index in [1.807, 2.05) is 37.3 Å². The van der Waals surface area contributed by atoms with Gasteiger partial charge in [0, 0.05) is 0 Å². The summed E-state index contributed by atoms with van der Waals surface area (Å²) in [6.07, 6.45) is 1.70. The third kappa shape index (κ3) is 3.20. The molecule has 1 aromatic rings. The molecule has 0 fully saturated rings. The van der Waals surface area contributed by atoms with Gasteiger partial charge in [0.2, 0.25) is 0 Å². The van der Waals surface area contributed by atoms with E-state index in [2.05, 4.69) is 0 Å². The zero-order valence-corrected chi connectivity index (χ0v) is 8.83. The van der Waals surface area contributed by atoms with Gasteiger partial charge in [-0.2, -0.15) is 0 Å². The van der Waals surface area contributed by atoms with E-state index in [9.17, 15) is 4.79 Å². The Kier molecular flexibility index (Phi) is 4.06. The summed E-state index contributed by atoms with van der Waals surface area (Å²) < 4.78 is 1.58. The number of hydrogen-bond donors (Lipinski definition) is 0. The van der Waals surface area contributed by atoms with Crippen LogP contribution >= 0.6 is 0 Å². The van der Waals surface area contributed by atoms with E-state index in [1.54, 1.807) is 0 Å². The fourth-order valence-electron chi connectivity index (χ4n) is 0.875. The molecule has 2 heteroatoms. The van der Waals surface area contributed by atoms with Crippen LogP contribution in [0.25, 0.3) is 0 Å². The zero-order chi connectivity index (χ0) is 8.81. The van der Waals surface area contributed by atoms with Gasteiger partial charge in [0.05, 0.1) is 0 Å². The molecular weight excluding hydrogens is 215 g/mol. The summed E-state index contributed by atoms with van der Waals surface area (Å²) in [5.41, 5.74) is 0. The van der Waals surface area contributed by atoms with Crippen LogP contribution in [0.2, 0.25) is 0 Å². The third-order valence-electron chi connectivity index (χ3n) is 1.43. The topological polar surface area (TPSA) is 17.1 Å². The van der Waals surface area contributed by atoms with Crippen molar-refractivity contribution < 1.29 is 4.79 Å². The van der Waals surface area contributed by atoms with Gasteiger partial charge in [-0.25, -0.2) is 0 Å². The van der Waals surface area contributed by atoms with E-state index < -0.39 is 0 Å². The van der Waals surface area contributed by atoms with Crippen molar-refractivity contribution in [1.82, 2.24) is 0 Å². The molecule has 0 aliphatic heterocycles. The molecule has 0 aromatic heterocycles. The first-order chi connectivity index (χ1) is 5.83. The molecule has 0 saturated carbocycles. The maximum atomic E-state index is 11.2. The minimum atomic E-state index is 0.0390. The van der Waals surface area contributed by atoms with Crippen LogP contribution in [0.15, 0.2) is 30.3 Å². The summed E-state index contributed by atoms with van der Waals surface area (Å²) in [5.74, 6) is 0. The van der Waals surface area contributed by atoms with Crippen LogP contribution in [0.3, 0.4) is 0 Å². The minimum absolute atomic E-state index is 0.0390. The van der Waals surface area contributed by atoms with Crippen molar-refractivity contribution in [2.75, 3.05) is 0 Å². The van der Waals surface area contributed by atoms with Crippen molar-refractivity contribution in [2.24, 2.45) is 0 Å². The fourth-order valence-corrected chi connectivity index (χ4v) is 2.68. The molecule has 0 unspecified atom stereocenters. The average Bonchev–Trinajstić information content (AvgIpc) is 2.06. The average molecular weight is 227 g/mol. The number of hydrogen-bond acceptors (Lipinski definition) is 1. The molecule has 0 saturated heterocycles. The molecule has 0 N–H and O–H groups in total. The van der Waals surface area contributed by atoms with Crippen molar-refractivity contribution in [3.8, 4) is 0 Å². The first-order valence-electron chi connectivity index (χ1n) is 4.08. The van der Waals surface area contributed by atoms with E-state index in [-0.39, 0.29) is 15.0 Å². The molecule has 0 aliphatic rings. The quantitative estimate of drug-likeness (QED) is 0.709. The van der Waals surface area contributed by atoms with Crippen LogP contribution in [0.5, 0.6) is 0 Å². The van der Waals surface area contributed by atoms with Crippen molar-refractivity contribution >= 4 is 24.1 Å². The van der Waals surface area contributed by atoms with Crippen LogP contribution in [0, 0.1) is 0 Å². The molecule has 1 rings (SSSR count). The Bertz CT molecular complexity index is 243. The van der Waals surface area contributed by atoms with Gasteiger partial charge < -0.3 is 0 Å². The molecule has 0 heterocycles. The van der Waals surface area contributed by atoms with Gasteiger partial charge in [-0.05, 0) is 0 Å². The van der Waals surface area contributed by atoms with Crippen molar-refractivity contribution in [3.63, 3.8) is 0 Å². The molecule has 0 spiro atoms. The van der Waals surface area contributed by atoms with Crippen molar-refractivity contribution in [1.29, 1.82) is 0 Å². The third-order valence-corrected chi connectivity index (χ3v) is 3.40.